The van der Waals surface area contributed by atoms with E-state index in [4.69, 9.17) is 5.26 Å². The number of fused-ring (bicyclic) bond motifs is 1. The number of hydrogen-bond acceptors (Lipinski definition) is 4. The van der Waals surface area contributed by atoms with Crippen LogP contribution in [-0.2, 0) is 6.54 Å². The Kier molecular flexibility index (Phi) is 6.46. The van der Waals surface area contributed by atoms with Gasteiger partial charge >= 0.3 is 0 Å². The maximum atomic E-state index is 13.7. The van der Waals surface area contributed by atoms with E-state index in [0.717, 1.165) is 35.7 Å². The van der Waals surface area contributed by atoms with Crippen LogP contribution in [0.2, 0.25) is 0 Å². The quantitative estimate of drug-likeness (QED) is 0.460. The monoisotopic (exact) mass is 481 g/mol. The van der Waals surface area contributed by atoms with Gasteiger partial charge < -0.3 is 14.6 Å². The molecule has 7 nitrogen and oxygen atoms in total. The molecule has 1 N–H and O–H groups in total. The molecule has 0 bridgehead atoms. The van der Waals surface area contributed by atoms with Crippen molar-refractivity contribution in [2.75, 3.05) is 13.1 Å². The van der Waals surface area contributed by atoms with Crippen LogP contribution in [0.3, 0.4) is 0 Å². The Labute approximate surface area is 207 Å². The second kappa shape index (κ2) is 10.0. The van der Waals surface area contributed by atoms with Gasteiger partial charge in [-0.2, -0.15) is 5.26 Å². The average molecular weight is 482 g/mol. The molecule has 1 saturated heterocycles. The van der Waals surface area contributed by atoms with Crippen molar-refractivity contribution < 1.29 is 14.0 Å². The number of nitrogens with zero attached hydrogens (tertiary/aromatic N) is 4. The fourth-order valence-corrected chi connectivity index (χ4v) is 4.63. The first kappa shape index (κ1) is 23.2. The van der Waals surface area contributed by atoms with Crippen molar-refractivity contribution in [2.24, 2.45) is 0 Å². The summed E-state index contributed by atoms with van der Waals surface area (Å²) >= 11 is 0. The Morgan fingerprint density at radius 3 is 2.56 bits per heavy atom. The number of carbonyl (C=O) groups is 2. The SMILES string of the molecule is N#Cc1cc(F)cc(C(=O)N2CCC(c3ccc(C(=O)NCc4ccn5ccnc5c4)cc3)CC2)c1. The lowest BCUT2D eigenvalue weighted by Crippen LogP contribution is -2.38. The topological polar surface area (TPSA) is 90.5 Å². The lowest BCUT2D eigenvalue weighted by molar-refractivity contribution is 0.0712. The first-order chi connectivity index (χ1) is 17.5. The lowest BCUT2D eigenvalue weighted by Gasteiger charge is -2.32. The van der Waals surface area contributed by atoms with Crippen LogP contribution in [0.25, 0.3) is 5.65 Å². The van der Waals surface area contributed by atoms with Crippen LogP contribution >= 0.6 is 0 Å². The van der Waals surface area contributed by atoms with Crippen molar-refractivity contribution in [3.8, 4) is 6.07 Å². The van der Waals surface area contributed by atoms with Crippen molar-refractivity contribution in [3.63, 3.8) is 0 Å². The molecular weight excluding hydrogens is 457 g/mol. The molecule has 2 amide bonds. The van der Waals surface area contributed by atoms with Gasteiger partial charge in [-0.15, -0.1) is 0 Å². The lowest BCUT2D eigenvalue weighted by atomic mass is 9.88. The molecule has 36 heavy (non-hydrogen) atoms. The van der Waals surface area contributed by atoms with Gasteiger partial charge in [-0.1, -0.05) is 12.1 Å². The standard InChI is InChI=1S/C28H24FN5O2/c29-25-14-20(17-30)13-24(16-25)28(36)34-10-6-22(7-11-34)21-1-3-23(4-2-21)27(35)32-18-19-5-9-33-12-8-31-26(33)15-19/h1-5,8-9,12-16,22H,6-7,10-11,18H2,(H,32,35). The Hall–Kier alpha value is -4.51. The summed E-state index contributed by atoms with van der Waals surface area (Å²) in [6.07, 6.45) is 7.06. The summed E-state index contributed by atoms with van der Waals surface area (Å²) < 4.78 is 15.7. The second-order valence-corrected chi connectivity index (χ2v) is 8.94. The maximum absolute atomic E-state index is 13.7. The zero-order valence-electron chi connectivity index (χ0n) is 19.5. The third kappa shape index (κ3) is 4.96. The number of amides is 2. The van der Waals surface area contributed by atoms with E-state index in [1.807, 2.05) is 59.3 Å². The number of benzene rings is 2. The highest BCUT2D eigenvalue weighted by atomic mass is 19.1. The fraction of sp³-hybridized carbons (Fsp3) is 0.214. The predicted octanol–water partition coefficient (Wildman–Crippen LogP) is 4.29. The van der Waals surface area contributed by atoms with Gasteiger partial charge in [0.2, 0.25) is 0 Å². The number of rotatable bonds is 5. The number of nitrogens with one attached hydrogen (secondary N) is 1. The molecule has 0 saturated carbocycles. The number of halogens is 1. The minimum absolute atomic E-state index is 0.136. The van der Waals surface area contributed by atoms with E-state index in [9.17, 15) is 14.0 Å². The third-order valence-corrected chi connectivity index (χ3v) is 6.62. The van der Waals surface area contributed by atoms with Crippen molar-refractivity contribution in [2.45, 2.75) is 25.3 Å². The van der Waals surface area contributed by atoms with Gasteiger partial charge in [-0.05, 0) is 72.4 Å². The molecule has 1 fully saturated rings. The number of nitriles is 1. The van der Waals surface area contributed by atoms with Crippen LogP contribution in [-0.4, -0.2) is 39.2 Å². The van der Waals surface area contributed by atoms with Crippen LogP contribution in [0.4, 0.5) is 4.39 Å². The molecule has 0 spiro atoms. The minimum Gasteiger partial charge on any atom is -0.348 e. The molecule has 0 unspecified atom stereocenters. The van der Waals surface area contributed by atoms with Crippen molar-refractivity contribution in [3.05, 3.63) is 107 Å². The highest BCUT2D eigenvalue weighted by Gasteiger charge is 2.25. The predicted molar refractivity (Wildman–Crippen MR) is 132 cm³/mol. The molecule has 0 aliphatic carbocycles. The molecule has 2 aromatic carbocycles. The van der Waals surface area contributed by atoms with Gasteiger partial charge in [0.1, 0.15) is 11.5 Å². The van der Waals surface area contributed by atoms with Crippen LogP contribution in [0.1, 0.15) is 56.2 Å². The molecule has 8 heteroatoms. The zero-order valence-corrected chi connectivity index (χ0v) is 19.5. The van der Waals surface area contributed by atoms with Gasteiger partial charge in [0, 0.05) is 49.4 Å². The number of pyridine rings is 1. The van der Waals surface area contributed by atoms with E-state index in [0.29, 0.717) is 25.2 Å². The molecular formula is C28H24FN5O2. The van der Waals surface area contributed by atoms with Crippen LogP contribution < -0.4 is 5.32 Å². The molecule has 0 radical (unpaired) electrons. The molecule has 1 aliphatic rings. The summed E-state index contributed by atoms with van der Waals surface area (Å²) in [5.41, 5.74) is 3.86. The summed E-state index contributed by atoms with van der Waals surface area (Å²) in [5.74, 6) is -0.717. The number of piperidine rings is 1. The van der Waals surface area contributed by atoms with Crippen molar-refractivity contribution >= 4 is 17.5 Å². The molecule has 3 heterocycles. The average Bonchev–Trinajstić information content (AvgIpc) is 3.39. The van der Waals surface area contributed by atoms with Gasteiger partial charge in [0.15, 0.2) is 0 Å². The van der Waals surface area contributed by atoms with E-state index < -0.39 is 5.82 Å². The van der Waals surface area contributed by atoms with Crippen LogP contribution in [0, 0.1) is 17.1 Å². The first-order valence-corrected chi connectivity index (χ1v) is 11.8. The molecule has 0 atom stereocenters. The molecule has 180 valence electrons. The van der Waals surface area contributed by atoms with Crippen molar-refractivity contribution in [1.82, 2.24) is 19.6 Å². The molecule has 4 aromatic rings. The smallest absolute Gasteiger partial charge is 0.254 e. The van der Waals surface area contributed by atoms with Gasteiger partial charge in [0.25, 0.3) is 11.8 Å². The zero-order chi connectivity index (χ0) is 25.1. The maximum Gasteiger partial charge on any atom is 0.254 e. The van der Waals surface area contributed by atoms with E-state index >= 15 is 0 Å². The minimum atomic E-state index is -0.587. The van der Waals surface area contributed by atoms with Gasteiger partial charge in [-0.3, -0.25) is 9.59 Å². The number of imidazole rings is 1. The number of likely N-dealkylation sites (tertiary alicyclic amines) is 1. The Bertz CT molecular complexity index is 1460. The summed E-state index contributed by atoms with van der Waals surface area (Å²) in [7, 11) is 0. The van der Waals surface area contributed by atoms with Crippen molar-refractivity contribution in [1.29, 1.82) is 5.26 Å². The third-order valence-electron chi connectivity index (χ3n) is 6.62. The largest absolute Gasteiger partial charge is 0.348 e. The summed E-state index contributed by atoms with van der Waals surface area (Å²) in [5, 5.41) is 12.0. The highest BCUT2D eigenvalue weighted by Crippen LogP contribution is 2.29. The van der Waals surface area contributed by atoms with Crippen LogP contribution in [0.15, 0.2) is 73.2 Å². The van der Waals surface area contributed by atoms with Gasteiger partial charge in [-0.25, -0.2) is 9.37 Å². The molecule has 1 aliphatic heterocycles. The normalized spacial score (nSPS) is 13.9. The number of aromatic nitrogens is 2. The Balaban J connectivity index is 1.16. The summed E-state index contributed by atoms with van der Waals surface area (Å²) in [4.78, 5) is 31.4. The van der Waals surface area contributed by atoms with E-state index in [2.05, 4.69) is 10.3 Å². The van der Waals surface area contributed by atoms with Crippen LogP contribution in [0.5, 0.6) is 0 Å². The van der Waals surface area contributed by atoms with E-state index in [-0.39, 0.29) is 28.9 Å². The molecule has 5 rings (SSSR count). The first-order valence-electron chi connectivity index (χ1n) is 11.8. The highest BCUT2D eigenvalue weighted by molar-refractivity contribution is 5.95. The fourth-order valence-electron chi connectivity index (χ4n) is 4.63. The summed E-state index contributed by atoms with van der Waals surface area (Å²) in [6, 6.07) is 17.1. The Morgan fingerprint density at radius 2 is 1.81 bits per heavy atom. The Morgan fingerprint density at radius 1 is 1.03 bits per heavy atom. The van der Waals surface area contributed by atoms with E-state index in [1.54, 1.807) is 11.1 Å². The number of hydrogen-bond donors (Lipinski definition) is 1. The second-order valence-electron chi connectivity index (χ2n) is 8.94. The summed E-state index contributed by atoms with van der Waals surface area (Å²) in [6.45, 7) is 1.51. The van der Waals surface area contributed by atoms with E-state index in [1.165, 1.54) is 12.1 Å². The number of carbonyl (C=O) groups excluding carboxylic acids is 2. The van der Waals surface area contributed by atoms with Gasteiger partial charge in [0.05, 0.1) is 11.6 Å². The molecule has 2 aromatic heterocycles.